The largest absolute Gasteiger partial charge is 0.491 e. The van der Waals surface area contributed by atoms with Gasteiger partial charge in [-0.2, -0.15) is 0 Å². The van der Waals surface area contributed by atoms with Gasteiger partial charge in [0.25, 0.3) is 0 Å². The van der Waals surface area contributed by atoms with E-state index in [-0.39, 0.29) is 11.8 Å². The standard InChI is InChI=1S/C23H27N3O2/c1-4-25-15-18(14-22(25)27)23-24-19-9-5-6-10-20(19)26(23)12-13-28-21-11-7-8-16(2)17(21)3/h5-11,18H,4,12-15H2,1-3H3. The van der Waals surface area contributed by atoms with Gasteiger partial charge in [0, 0.05) is 25.4 Å². The summed E-state index contributed by atoms with van der Waals surface area (Å²) < 4.78 is 8.33. The van der Waals surface area contributed by atoms with Gasteiger partial charge in [0.1, 0.15) is 18.2 Å². The normalized spacial score (nSPS) is 16.9. The van der Waals surface area contributed by atoms with Crippen LogP contribution in [-0.4, -0.2) is 40.1 Å². The van der Waals surface area contributed by atoms with Gasteiger partial charge in [-0.15, -0.1) is 0 Å². The first-order valence-corrected chi connectivity index (χ1v) is 10.0. The van der Waals surface area contributed by atoms with Crippen molar-refractivity contribution in [2.45, 2.75) is 39.7 Å². The number of imidazole rings is 1. The van der Waals surface area contributed by atoms with Gasteiger partial charge in [-0.25, -0.2) is 4.98 Å². The Morgan fingerprint density at radius 2 is 1.96 bits per heavy atom. The second kappa shape index (κ2) is 7.66. The molecule has 0 bridgehead atoms. The van der Waals surface area contributed by atoms with Gasteiger partial charge < -0.3 is 14.2 Å². The zero-order valence-electron chi connectivity index (χ0n) is 16.8. The van der Waals surface area contributed by atoms with Gasteiger partial charge >= 0.3 is 0 Å². The molecule has 0 spiro atoms. The summed E-state index contributed by atoms with van der Waals surface area (Å²) in [5.74, 6) is 2.28. The summed E-state index contributed by atoms with van der Waals surface area (Å²) in [4.78, 5) is 19.0. The molecule has 1 fully saturated rings. The van der Waals surface area contributed by atoms with E-state index in [2.05, 4.69) is 30.5 Å². The topological polar surface area (TPSA) is 47.4 Å². The highest BCUT2D eigenvalue weighted by atomic mass is 16.5. The minimum atomic E-state index is 0.139. The number of carbonyl (C=O) groups excluding carboxylic acids is 1. The minimum Gasteiger partial charge on any atom is -0.491 e. The van der Waals surface area contributed by atoms with Crippen molar-refractivity contribution >= 4 is 16.9 Å². The van der Waals surface area contributed by atoms with Crippen LogP contribution in [0.2, 0.25) is 0 Å². The second-order valence-electron chi connectivity index (χ2n) is 7.49. The lowest BCUT2D eigenvalue weighted by molar-refractivity contribution is -0.127. The van der Waals surface area contributed by atoms with E-state index in [1.807, 2.05) is 42.2 Å². The number of likely N-dealkylation sites (N-methyl/N-ethyl adjacent to an activating group) is 1. The van der Waals surface area contributed by atoms with E-state index in [0.717, 1.165) is 35.7 Å². The maximum Gasteiger partial charge on any atom is 0.223 e. The fourth-order valence-corrected chi connectivity index (χ4v) is 4.02. The third-order valence-corrected chi connectivity index (χ3v) is 5.77. The molecule has 28 heavy (non-hydrogen) atoms. The van der Waals surface area contributed by atoms with Crippen molar-refractivity contribution in [3.63, 3.8) is 0 Å². The first kappa shape index (κ1) is 18.5. The quantitative estimate of drug-likeness (QED) is 0.651. The van der Waals surface area contributed by atoms with Crippen LogP contribution < -0.4 is 4.74 Å². The molecule has 1 saturated heterocycles. The number of ether oxygens (including phenoxy) is 1. The molecule has 1 amide bonds. The van der Waals surface area contributed by atoms with Gasteiger partial charge in [0.2, 0.25) is 5.91 Å². The highest BCUT2D eigenvalue weighted by molar-refractivity contribution is 5.80. The average molecular weight is 377 g/mol. The Kier molecular flexibility index (Phi) is 5.07. The number of aryl methyl sites for hydroxylation is 1. The van der Waals surface area contributed by atoms with E-state index in [1.165, 1.54) is 11.1 Å². The summed E-state index contributed by atoms with van der Waals surface area (Å²) in [6.07, 6.45) is 0.537. The minimum absolute atomic E-state index is 0.139. The number of likely N-dealkylation sites (tertiary alicyclic amines) is 1. The van der Waals surface area contributed by atoms with E-state index in [9.17, 15) is 4.79 Å². The molecule has 1 unspecified atom stereocenters. The molecule has 5 heteroatoms. The molecule has 2 heterocycles. The average Bonchev–Trinajstić information content (AvgIpc) is 3.25. The molecule has 3 aromatic rings. The molecule has 0 radical (unpaired) electrons. The van der Waals surface area contributed by atoms with Gasteiger partial charge in [-0.3, -0.25) is 4.79 Å². The predicted molar refractivity (Wildman–Crippen MR) is 111 cm³/mol. The van der Waals surface area contributed by atoms with Crippen molar-refractivity contribution in [2.75, 3.05) is 19.7 Å². The summed E-state index contributed by atoms with van der Waals surface area (Å²) in [6.45, 7) is 8.99. The van der Waals surface area contributed by atoms with Gasteiger partial charge in [-0.1, -0.05) is 24.3 Å². The lowest BCUT2D eigenvalue weighted by atomic mass is 10.1. The number of aromatic nitrogens is 2. The molecule has 1 aromatic heterocycles. The highest BCUT2D eigenvalue weighted by Gasteiger charge is 2.33. The fourth-order valence-electron chi connectivity index (χ4n) is 4.02. The van der Waals surface area contributed by atoms with Crippen LogP contribution in [0.5, 0.6) is 5.75 Å². The first-order valence-electron chi connectivity index (χ1n) is 10.0. The Hall–Kier alpha value is -2.82. The number of rotatable bonds is 6. The Bertz CT molecular complexity index is 1010. The second-order valence-corrected chi connectivity index (χ2v) is 7.49. The number of benzene rings is 2. The van der Waals surface area contributed by atoms with Crippen LogP contribution in [0.25, 0.3) is 11.0 Å². The molecule has 1 atom stereocenters. The van der Waals surface area contributed by atoms with Crippen molar-refractivity contribution in [1.82, 2.24) is 14.5 Å². The van der Waals surface area contributed by atoms with Crippen LogP contribution in [0.4, 0.5) is 0 Å². The third kappa shape index (κ3) is 3.37. The summed E-state index contributed by atoms with van der Waals surface area (Å²) >= 11 is 0. The van der Waals surface area contributed by atoms with E-state index >= 15 is 0 Å². The molecular formula is C23H27N3O2. The van der Waals surface area contributed by atoms with Crippen LogP contribution in [-0.2, 0) is 11.3 Å². The molecule has 2 aromatic carbocycles. The van der Waals surface area contributed by atoms with Crippen molar-refractivity contribution in [2.24, 2.45) is 0 Å². The molecule has 0 aliphatic carbocycles. The maximum atomic E-state index is 12.2. The number of nitrogens with zero attached hydrogens (tertiary/aromatic N) is 3. The molecule has 4 rings (SSSR count). The lowest BCUT2D eigenvalue weighted by Crippen LogP contribution is -2.24. The van der Waals surface area contributed by atoms with Crippen LogP contribution in [0.15, 0.2) is 42.5 Å². The third-order valence-electron chi connectivity index (χ3n) is 5.77. The number of hydrogen-bond donors (Lipinski definition) is 0. The van der Waals surface area contributed by atoms with Crippen molar-refractivity contribution in [3.05, 3.63) is 59.4 Å². The Labute approximate surface area is 165 Å². The molecular weight excluding hydrogens is 350 g/mol. The van der Waals surface area contributed by atoms with E-state index in [1.54, 1.807) is 0 Å². The SMILES string of the molecule is CCN1CC(c2nc3ccccc3n2CCOc2cccc(C)c2C)CC1=O. The van der Waals surface area contributed by atoms with Gasteiger partial charge in [0.15, 0.2) is 0 Å². The predicted octanol–water partition coefficient (Wildman–Crippen LogP) is 4.07. The molecule has 0 N–H and O–H groups in total. The van der Waals surface area contributed by atoms with Gasteiger partial charge in [0.05, 0.1) is 17.6 Å². The summed E-state index contributed by atoms with van der Waals surface area (Å²) in [6, 6.07) is 14.3. The van der Waals surface area contributed by atoms with E-state index in [4.69, 9.17) is 9.72 Å². The molecule has 1 aliphatic heterocycles. The summed E-state index contributed by atoms with van der Waals surface area (Å²) in [5, 5.41) is 0. The summed E-state index contributed by atoms with van der Waals surface area (Å²) in [5.41, 5.74) is 4.49. The van der Waals surface area contributed by atoms with Crippen LogP contribution >= 0.6 is 0 Å². The fraction of sp³-hybridized carbons (Fsp3) is 0.391. The summed E-state index contributed by atoms with van der Waals surface area (Å²) in [7, 11) is 0. The van der Waals surface area contributed by atoms with Crippen LogP contribution in [0, 0.1) is 13.8 Å². The van der Waals surface area contributed by atoms with Gasteiger partial charge in [-0.05, 0) is 50.1 Å². The number of carbonyl (C=O) groups is 1. The van der Waals surface area contributed by atoms with Crippen LogP contribution in [0.1, 0.15) is 36.2 Å². The molecule has 146 valence electrons. The Morgan fingerprint density at radius 1 is 1.14 bits per heavy atom. The van der Waals surface area contributed by atoms with Crippen LogP contribution in [0.3, 0.4) is 0 Å². The number of amides is 1. The highest BCUT2D eigenvalue weighted by Crippen LogP contribution is 2.30. The lowest BCUT2D eigenvalue weighted by Gasteiger charge is -2.16. The molecule has 0 saturated carbocycles. The maximum absolute atomic E-state index is 12.2. The van der Waals surface area contributed by atoms with Crippen molar-refractivity contribution < 1.29 is 9.53 Å². The van der Waals surface area contributed by atoms with E-state index in [0.29, 0.717) is 19.6 Å². The monoisotopic (exact) mass is 377 g/mol. The van der Waals surface area contributed by atoms with Crippen molar-refractivity contribution in [1.29, 1.82) is 0 Å². The zero-order chi connectivity index (χ0) is 19.7. The smallest absolute Gasteiger partial charge is 0.223 e. The zero-order valence-corrected chi connectivity index (χ0v) is 16.8. The number of para-hydroxylation sites is 2. The first-order chi connectivity index (χ1) is 13.6. The van der Waals surface area contributed by atoms with Crippen molar-refractivity contribution in [3.8, 4) is 5.75 Å². The molecule has 1 aliphatic rings. The number of hydrogen-bond acceptors (Lipinski definition) is 3. The van der Waals surface area contributed by atoms with E-state index < -0.39 is 0 Å². The molecule has 5 nitrogen and oxygen atoms in total. The Balaban J connectivity index is 1.59. The Morgan fingerprint density at radius 3 is 2.75 bits per heavy atom. The number of fused-ring (bicyclic) bond motifs is 1.